The van der Waals surface area contributed by atoms with E-state index in [-0.39, 0.29) is 0 Å². The molecule has 1 heterocycles. The van der Waals surface area contributed by atoms with E-state index in [1.54, 1.807) is 4.90 Å². The van der Waals surface area contributed by atoms with Crippen molar-refractivity contribution in [2.75, 3.05) is 38.5 Å². The zero-order valence-electron chi connectivity index (χ0n) is 10.7. The molecule has 0 atom stereocenters. The lowest BCUT2D eigenvalue weighted by molar-refractivity contribution is -0.946. The molecule has 1 aromatic carbocycles. The largest absolute Gasteiger partial charge is 0.337 e. The average Bonchev–Trinajstić information content (AvgIpc) is 2.38. The van der Waals surface area contributed by atoms with E-state index in [9.17, 15) is 0 Å². The van der Waals surface area contributed by atoms with Gasteiger partial charge in [-0.3, -0.25) is 0 Å². The van der Waals surface area contributed by atoms with Crippen LogP contribution >= 0.6 is 11.8 Å². The summed E-state index contributed by atoms with van der Waals surface area (Å²) in [5, 5.41) is 2.44. The van der Waals surface area contributed by atoms with Crippen LogP contribution in [0.25, 0.3) is 0 Å². The smallest absolute Gasteiger partial charge is 0.127 e. The van der Waals surface area contributed by atoms with Gasteiger partial charge in [0.05, 0.1) is 6.54 Å². The molecular formula is C14H24N2S+2. The van der Waals surface area contributed by atoms with E-state index >= 15 is 0 Å². The lowest BCUT2D eigenvalue weighted by Crippen LogP contribution is -3.20. The maximum atomic E-state index is 2.44. The Balaban J connectivity index is 1.60. The predicted molar refractivity (Wildman–Crippen MR) is 73.7 cm³/mol. The van der Waals surface area contributed by atoms with Crippen LogP contribution in [0.3, 0.4) is 0 Å². The molecule has 3 heteroatoms. The van der Waals surface area contributed by atoms with Gasteiger partial charge in [0.25, 0.3) is 0 Å². The summed E-state index contributed by atoms with van der Waals surface area (Å²) in [7, 11) is 0. The number of hydrogen-bond donors (Lipinski definition) is 2. The number of hydrogen-bond acceptors (Lipinski definition) is 1. The van der Waals surface area contributed by atoms with Gasteiger partial charge in [-0.2, -0.15) is 0 Å². The highest BCUT2D eigenvalue weighted by atomic mass is 32.2. The fourth-order valence-electron chi connectivity index (χ4n) is 2.28. The summed E-state index contributed by atoms with van der Waals surface area (Å²) in [5.74, 6) is 1.26. The summed E-state index contributed by atoms with van der Waals surface area (Å²) >= 11 is 2.00. The second-order valence-corrected chi connectivity index (χ2v) is 6.05. The van der Waals surface area contributed by atoms with Gasteiger partial charge in [-0.15, -0.1) is 11.8 Å². The number of nitrogens with two attached hydrogens (primary N) is 1. The van der Waals surface area contributed by atoms with Crippen LogP contribution in [0.1, 0.15) is 12.0 Å². The third kappa shape index (κ3) is 4.70. The Morgan fingerprint density at radius 1 is 1.18 bits per heavy atom. The molecule has 0 amide bonds. The fraction of sp³-hybridized carbons (Fsp3) is 0.571. The van der Waals surface area contributed by atoms with Gasteiger partial charge in [-0.05, 0) is 19.1 Å². The van der Waals surface area contributed by atoms with Crippen LogP contribution in [0, 0.1) is 6.92 Å². The first kappa shape index (κ1) is 12.9. The van der Waals surface area contributed by atoms with E-state index in [1.165, 1.54) is 55.4 Å². The molecule has 3 N–H and O–H groups in total. The van der Waals surface area contributed by atoms with Crippen LogP contribution in [0.2, 0.25) is 0 Å². The first-order chi connectivity index (χ1) is 8.34. The molecule has 0 unspecified atom stereocenters. The van der Waals surface area contributed by atoms with Crippen LogP contribution in [-0.2, 0) is 0 Å². The monoisotopic (exact) mass is 252 g/mol. The molecule has 1 aliphatic heterocycles. The number of thioether (sulfide) groups is 1. The Kier molecular flexibility index (Phi) is 5.36. The second-order valence-electron chi connectivity index (χ2n) is 4.88. The fourth-order valence-corrected chi connectivity index (χ4v) is 3.13. The molecule has 2 nitrogen and oxygen atoms in total. The van der Waals surface area contributed by atoms with Gasteiger partial charge in [0.15, 0.2) is 0 Å². The van der Waals surface area contributed by atoms with Gasteiger partial charge < -0.3 is 10.2 Å². The summed E-state index contributed by atoms with van der Waals surface area (Å²) < 4.78 is 0. The lowest BCUT2D eigenvalue weighted by atomic mass is 10.2. The molecule has 0 aromatic heterocycles. The third-order valence-electron chi connectivity index (χ3n) is 3.37. The van der Waals surface area contributed by atoms with Gasteiger partial charge in [-0.25, -0.2) is 0 Å². The van der Waals surface area contributed by atoms with Crippen LogP contribution < -0.4 is 10.2 Å². The average molecular weight is 252 g/mol. The number of benzene rings is 1. The molecule has 1 fully saturated rings. The molecule has 1 saturated heterocycles. The molecule has 94 valence electrons. The van der Waals surface area contributed by atoms with E-state index in [0.29, 0.717) is 0 Å². The van der Waals surface area contributed by atoms with Crippen LogP contribution in [0.4, 0.5) is 0 Å². The maximum absolute atomic E-state index is 2.44. The predicted octanol–water partition coefficient (Wildman–Crippen LogP) is -0.0609. The normalized spacial score (nSPS) is 17.2. The van der Waals surface area contributed by atoms with E-state index in [1.807, 2.05) is 11.8 Å². The lowest BCUT2D eigenvalue weighted by Gasteiger charge is -2.21. The van der Waals surface area contributed by atoms with Crippen molar-refractivity contribution >= 4 is 11.8 Å². The molecule has 0 saturated carbocycles. The first-order valence-corrected chi connectivity index (χ1v) is 7.68. The molecule has 0 bridgehead atoms. The number of aryl methyl sites for hydroxylation is 1. The molecule has 0 radical (unpaired) electrons. The van der Waals surface area contributed by atoms with Gasteiger partial charge in [0.1, 0.15) is 26.2 Å². The standard InChI is InChI=1S/C14H22N2S/c1-13-3-5-14(6-4-13)17-12-2-9-16-10-7-15-8-11-16/h3-6,15H,2,7-12H2,1H3/p+2. The number of rotatable bonds is 5. The maximum Gasteiger partial charge on any atom is 0.127 e. The van der Waals surface area contributed by atoms with Gasteiger partial charge in [-0.1, -0.05) is 17.7 Å². The Morgan fingerprint density at radius 3 is 2.59 bits per heavy atom. The van der Waals surface area contributed by atoms with Crippen molar-refractivity contribution in [2.45, 2.75) is 18.2 Å². The van der Waals surface area contributed by atoms with E-state index in [4.69, 9.17) is 0 Å². The summed E-state index contributed by atoms with van der Waals surface area (Å²) in [6.45, 7) is 8.85. The van der Waals surface area contributed by atoms with E-state index in [2.05, 4.69) is 36.5 Å². The highest BCUT2D eigenvalue weighted by Crippen LogP contribution is 2.18. The Morgan fingerprint density at radius 2 is 1.88 bits per heavy atom. The van der Waals surface area contributed by atoms with Crippen molar-refractivity contribution in [3.05, 3.63) is 29.8 Å². The zero-order chi connectivity index (χ0) is 11.9. The molecule has 17 heavy (non-hydrogen) atoms. The summed E-state index contributed by atoms with van der Waals surface area (Å²) in [6.07, 6.45) is 1.34. The van der Waals surface area contributed by atoms with Gasteiger partial charge in [0.2, 0.25) is 0 Å². The summed E-state index contributed by atoms with van der Waals surface area (Å²) in [6, 6.07) is 8.88. The van der Waals surface area contributed by atoms with Crippen molar-refractivity contribution in [3.63, 3.8) is 0 Å². The quantitative estimate of drug-likeness (QED) is 0.556. The van der Waals surface area contributed by atoms with Crippen LogP contribution in [0.15, 0.2) is 29.2 Å². The van der Waals surface area contributed by atoms with Gasteiger partial charge >= 0.3 is 0 Å². The highest BCUT2D eigenvalue weighted by Gasteiger charge is 2.14. The van der Waals surface area contributed by atoms with Crippen molar-refractivity contribution in [1.29, 1.82) is 0 Å². The summed E-state index contributed by atoms with van der Waals surface area (Å²) in [5.41, 5.74) is 1.35. The third-order valence-corrected chi connectivity index (χ3v) is 4.47. The highest BCUT2D eigenvalue weighted by molar-refractivity contribution is 7.99. The van der Waals surface area contributed by atoms with Crippen molar-refractivity contribution in [3.8, 4) is 0 Å². The minimum absolute atomic E-state index is 1.26. The van der Waals surface area contributed by atoms with Gasteiger partial charge in [0, 0.05) is 17.1 Å². The first-order valence-electron chi connectivity index (χ1n) is 6.69. The number of nitrogens with one attached hydrogen (secondary N) is 1. The van der Waals surface area contributed by atoms with Crippen LogP contribution in [-0.4, -0.2) is 38.5 Å². The van der Waals surface area contributed by atoms with Crippen LogP contribution in [0.5, 0.6) is 0 Å². The Labute approximate surface area is 109 Å². The Hall–Kier alpha value is -0.510. The number of quaternary nitrogens is 2. The molecule has 0 spiro atoms. The van der Waals surface area contributed by atoms with E-state index < -0.39 is 0 Å². The zero-order valence-corrected chi connectivity index (χ0v) is 11.6. The SMILES string of the molecule is Cc1ccc(SCCC[NH+]2CC[NH2+]CC2)cc1. The van der Waals surface area contributed by atoms with E-state index in [0.717, 1.165) is 0 Å². The number of piperazine rings is 1. The minimum atomic E-state index is 1.26. The summed E-state index contributed by atoms with van der Waals surface area (Å²) in [4.78, 5) is 3.22. The Bertz CT molecular complexity index is 317. The topological polar surface area (TPSA) is 21.1 Å². The van der Waals surface area contributed by atoms with Crippen molar-refractivity contribution < 1.29 is 10.2 Å². The molecular weight excluding hydrogens is 228 g/mol. The van der Waals surface area contributed by atoms with Crippen molar-refractivity contribution in [1.82, 2.24) is 0 Å². The minimum Gasteiger partial charge on any atom is -0.337 e. The van der Waals surface area contributed by atoms with Crippen molar-refractivity contribution in [2.24, 2.45) is 0 Å². The molecule has 1 aliphatic rings. The molecule has 1 aromatic rings. The molecule has 2 rings (SSSR count). The second kappa shape index (κ2) is 7.04. The molecule has 0 aliphatic carbocycles.